The minimum atomic E-state index is 0.792. The van der Waals surface area contributed by atoms with Gasteiger partial charge in [0, 0.05) is 11.0 Å². The summed E-state index contributed by atoms with van der Waals surface area (Å²) in [4.78, 5) is 7.60. The zero-order valence-corrected chi connectivity index (χ0v) is 19.3. The fourth-order valence-electron chi connectivity index (χ4n) is 4.69. The molecular weight excluding hydrogens is 446 g/mol. The van der Waals surface area contributed by atoms with Crippen LogP contribution < -0.4 is 0 Å². The second-order valence-corrected chi connectivity index (χ2v) is 9.55. The van der Waals surface area contributed by atoms with Gasteiger partial charge in [0.15, 0.2) is 0 Å². The first-order chi connectivity index (χ1) is 15.2. The molecule has 5 rings (SSSR count). The van der Waals surface area contributed by atoms with Gasteiger partial charge in [0.1, 0.15) is 5.82 Å². The van der Waals surface area contributed by atoms with Crippen LogP contribution >= 0.6 is 15.9 Å². The van der Waals surface area contributed by atoms with Crippen molar-refractivity contribution in [1.29, 1.82) is 0 Å². The van der Waals surface area contributed by atoms with Gasteiger partial charge >= 0.3 is 0 Å². The normalized spacial score (nSPS) is 15.5. The maximum absolute atomic E-state index is 5.02. The largest absolute Gasteiger partial charge is 0.322 e. The topological polar surface area (TPSA) is 21.1 Å². The molecule has 0 radical (unpaired) electrons. The molecule has 2 heterocycles. The molecule has 1 saturated heterocycles. The first-order valence-corrected chi connectivity index (χ1v) is 12.0. The summed E-state index contributed by atoms with van der Waals surface area (Å²) in [6, 6.07) is 28.1. The molecule has 1 aliphatic rings. The fraction of sp³-hybridized carbons (Fsp3) is 0.296. The predicted molar refractivity (Wildman–Crippen MR) is 131 cm³/mol. The minimum Gasteiger partial charge on any atom is -0.322 e. The zero-order chi connectivity index (χ0) is 21.0. The Labute approximate surface area is 192 Å². The fourth-order valence-corrected chi connectivity index (χ4v) is 4.96. The van der Waals surface area contributed by atoms with E-state index in [0.29, 0.717) is 0 Å². The summed E-state index contributed by atoms with van der Waals surface area (Å²) in [5.74, 6) is 1.96. The summed E-state index contributed by atoms with van der Waals surface area (Å²) in [5, 5.41) is 0. The van der Waals surface area contributed by atoms with E-state index in [1.807, 2.05) is 0 Å². The Bertz CT molecular complexity index is 1130. The Balaban J connectivity index is 1.29. The van der Waals surface area contributed by atoms with Gasteiger partial charge in [-0.15, -0.1) is 0 Å². The van der Waals surface area contributed by atoms with Gasteiger partial charge in [-0.1, -0.05) is 70.5 Å². The third-order valence-electron chi connectivity index (χ3n) is 6.43. The number of benzene rings is 3. The first kappa shape index (κ1) is 20.5. The van der Waals surface area contributed by atoms with Crippen LogP contribution in [0.2, 0.25) is 0 Å². The summed E-state index contributed by atoms with van der Waals surface area (Å²) in [6.45, 7) is 4.08. The number of para-hydroxylation sites is 2. The van der Waals surface area contributed by atoms with Gasteiger partial charge in [0.25, 0.3) is 0 Å². The number of imidazole rings is 1. The summed E-state index contributed by atoms with van der Waals surface area (Å²) >= 11 is 3.54. The average molecular weight is 474 g/mol. The minimum absolute atomic E-state index is 0.792. The Kier molecular flexibility index (Phi) is 6.19. The zero-order valence-electron chi connectivity index (χ0n) is 17.8. The lowest BCUT2D eigenvalue weighted by Crippen LogP contribution is -2.34. The van der Waals surface area contributed by atoms with E-state index in [1.165, 1.54) is 41.7 Å². The van der Waals surface area contributed by atoms with Crippen LogP contribution in [-0.2, 0) is 19.5 Å². The standard InChI is InChI=1S/C27H28BrN3/c28-24-12-10-23(11-13-24)19-31-26-9-5-4-8-25(26)29-27(31)20-30-16-14-22(15-17-30)18-21-6-2-1-3-7-21/h1-13,22H,14-20H2. The van der Waals surface area contributed by atoms with Crippen molar-refractivity contribution >= 4 is 27.0 Å². The van der Waals surface area contributed by atoms with Gasteiger partial charge in [0.2, 0.25) is 0 Å². The smallest absolute Gasteiger partial charge is 0.124 e. The van der Waals surface area contributed by atoms with Crippen molar-refractivity contribution in [3.8, 4) is 0 Å². The molecule has 31 heavy (non-hydrogen) atoms. The maximum Gasteiger partial charge on any atom is 0.124 e. The summed E-state index contributed by atoms with van der Waals surface area (Å²) in [6.07, 6.45) is 3.74. The van der Waals surface area contributed by atoms with Crippen LogP contribution in [0.4, 0.5) is 0 Å². The highest BCUT2D eigenvalue weighted by molar-refractivity contribution is 9.10. The van der Waals surface area contributed by atoms with Gasteiger partial charge in [-0.05, 0) is 73.7 Å². The molecule has 1 fully saturated rings. The molecular formula is C27H28BrN3. The van der Waals surface area contributed by atoms with Crippen LogP contribution in [0.5, 0.6) is 0 Å². The Hall–Kier alpha value is -2.43. The molecule has 0 saturated carbocycles. The number of hydrogen-bond acceptors (Lipinski definition) is 2. The maximum atomic E-state index is 5.02. The van der Waals surface area contributed by atoms with E-state index in [9.17, 15) is 0 Å². The monoisotopic (exact) mass is 473 g/mol. The average Bonchev–Trinajstić information content (AvgIpc) is 3.14. The molecule has 0 atom stereocenters. The molecule has 4 heteroatoms. The van der Waals surface area contributed by atoms with Gasteiger partial charge in [0.05, 0.1) is 17.6 Å². The summed E-state index contributed by atoms with van der Waals surface area (Å²) in [7, 11) is 0. The van der Waals surface area contributed by atoms with Crippen LogP contribution in [0, 0.1) is 5.92 Å². The molecule has 1 aliphatic heterocycles. The van der Waals surface area contributed by atoms with Gasteiger partial charge in [-0.2, -0.15) is 0 Å². The van der Waals surface area contributed by atoms with Crippen molar-refractivity contribution in [2.24, 2.45) is 5.92 Å². The number of nitrogens with zero attached hydrogens (tertiary/aromatic N) is 3. The number of aromatic nitrogens is 2. The van der Waals surface area contributed by atoms with E-state index in [-0.39, 0.29) is 0 Å². The molecule has 3 nitrogen and oxygen atoms in total. The van der Waals surface area contributed by atoms with Crippen molar-refractivity contribution in [3.63, 3.8) is 0 Å². The van der Waals surface area contributed by atoms with Crippen LogP contribution in [0.25, 0.3) is 11.0 Å². The van der Waals surface area contributed by atoms with E-state index in [4.69, 9.17) is 4.98 Å². The third-order valence-corrected chi connectivity index (χ3v) is 6.96. The van der Waals surface area contributed by atoms with E-state index in [2.05, 4.69) is 104 Å². The number of rotatable bonds is 6. The van der Waals surface area contributed by atoms with Crippen molar-refractivity contribution in [2.75, 3.05) is 13.1 Å². The molecule has 0 bridgehead atoms. The van der Waals surface area contributed by atoms with E-state index < -0.39 is 0 Å². The quantitative estimate of drug-likeness (QED) is 0.327. The number of fused-ring (bicyclic) bond motifs is 1. The number of hydrogen-bond donors (Lipinski definition) is 0. The van der Waals surface area contributed by atoms with Gasteiger partial charge < -0.3 is 4.57 Å². The van der Waals surface area contributed by atoms with Crippen molar-refractivity contribution in [2.45, 2.75) is 32.4 Å². The predicted octanol–water partition coefficient (Wildman–Crippen LogP) is 6.30. The lowest BCUT2D eigenvalue weighted by molar-refractivity contribution is 0.172. The highest BCUT2D eigenvalue weighted by Crippen LogP contribution is 2.25. The lowest BCUT2D eigenvalue weighted by atomic mass is 9.90. The van der Waals surface area contributed by atoms with Crippen LogP contribution in [-0.4, -0.2) is 27.5 Å². The SMILES string of the molecule is Brc1ccc(Cn2c(CN3CCC(Cc4ccccc4)CC3)nc3ccccc32)cc1. The second-order valence-electron chi connectivity index (χ2n) is 8.64. The molecule has 158 valence electrons. The van der Waals surface area contributed by atoms with Crippen LogP contribution in [0.15, 0.2) is 83.3 Å². The highest BCUT2D eigenvalue weighted by Gasteiger charge is 2.21. The second kappa shape index (κ2) is 9.37. The third kappa shape index (κ3) is 4.91. The summed E-state index contributed by atoms with van der Waals surface area (Å²) < 4.78 is 3.51. The van der Waals surface area contributed by atoms with E-state index in [1.54, 1.807) is 0 Å². The van der Waals surface area contributed by atoms with Gasteiger partial charge in [-0.3, -0.25) is 4.90 Å². The lowest BCUT2D eigenvalue weighted by Gasteiger charge is -2.32. The molecule has 4 aromatic rings. The molecule has 0 spiro atoms. The van der Waals surface area contributed by atoms with E-state index in [0.717, 1.165) is 42.1 Å². The molecule has 3 aromatic carbocycles. The first-order valence-electron chi connectivity index (χ1n) is 11.2. The van der Waals surface area contributed by atoms with Crippen molar-refractivity contribution in [1.82, 2.24) is 14.5 Å². The van der Waals surface area contributed by atoms with Crippen molar-refractivity contribution in [3.05, 3.63) is 100 Å². The number of likely N-dealkylation sites (tertiary alicyclic amines) is 1. The molecule has 1 aromatic heterocycles. The molecule has 0 N–H and O–H groups in total. The van der Waals surface area contributed by atoms with E-state index >= 15 is 0 Å². The molecule has 0 aliphatic carbocycles. The molecule has 0 amide bonds. The van der Waals surface area contributed by atoms with Crippen LogP contribution in [0.1, 0.15) is 29.8 Å². The Morgan fingerprint density at radius 3 is 2.26 bits per heavy atom. The van der Waals surface area contributed by atoms with Gasteiger partial charge in [-0.25, -0.2) is 4.98 Å². The number of halogens is 1. The highest BCUT2D eigenvalue weighted by atomic mass is 79.9. The number of piperidine rings is 1. The Morgan fingerprint density at radius 2 is 1.48 bits per heavy atom. The van der Waals surface area contributed by atoms with Crippen LogP contribution in [0.3, 0.4) is 0 Å². The Morgan fingerprint density at radius 1 is 0.774 bits per heavy atom. The van der Waals surface area contributed by atoms with Crippen molar-refractivity contribution < 1.29 is 0 Å². The summed E-state index contributed by atoms with van der Waals surface area (Å²) in [5.41, 5.74) is 5.08. The molecule has 0 unspecified atom stereocenters.